The molecule has 0 atom stereocenters. The van der Waals surface area contributed by atoms with Gasteiger partial charge >= 0.3 is 0 Å². The second kappa shape index (κ2) is 4.04. The zero-order chi connectivity index (χ0) is 9.84. The molecule has 0 fully saturated rings. The van der Waals surface area contributed by atoms with Crippen molar-refractivity contribution >= 4 is 28.7 Å². The number of hydrogen-bond donors (Lipinski definition) is 2. The van der Waals surface area contributed by atoms with Gasteiger partial charge in [-0.1, -0.05) is 25.4 Å². The van der Waals surface area contributed by atoms with Crippen LogP contribution in [0.5, 0.6) is 0 Å². The molecule has 2 heterocycles. The quantitative estimate of drug-likeness (QED) is 0.632. The number of nitrogens with zero attached hydrogens (tertiary/aromatic N) is 3. The first-order valence-electron chi connectivity index (χ1n) is 3.89. The second-order valence-corrected chi connectivity index (χ2v) is 2.33. The van der Waals surface area contributed by atoms with Gasteiger partial charge in [-0.2, -0.15) is 9.97 Å². The molecule has 0 aliphatic carbocycles. The van der Waals surface area contributed by atoms with Gasteiger partial charge in [0.05, 0.1) is 6.33 Å². The lowest BCUT2D eigenvalue weighted by Gasteiger charge is -1.92. The molecule has 5 nitrogen and oxygen atoms in total. The first-order valence-corrected chi connectivity index (χ1v) is 4.27. The summed E-state index contributed by atoms with van der Waals surface area (Å²) in [6.07, 6.45) is 1.49. The Morgan fingerprint density at radius 1 is 1.38 bits per heavy atom. The number of aromatic nitrogens is 4. The molecular weight excluding hydrogens is 190 g/mol. The lowest BCUT2D eigenvalue weighted by molar-refractivity contribution is 1.22. The maximum Gasteiger partial charge on any atom is 0.223 e. The second-order valence-electron chi connectivity index (χ2n) is 1.97. The van der Waals surface area contributed by atoms with E-state index >= 15 is 0 Å². The summed E-state index contributed by atoms with van der Waals surface area (Å²) in [4.78, 5) is 14.2. The van der Waals surface area contributed by atoms with E-state index in [1.54, 1.807) is 0 Å². The molecule has 0 unspecified atom stereocenters. The van der Waals surface area contributed by atoms with Crippen molar-refractivity contribution in [3.05, 3.63) is 11.5 Å². The molecule has 13 heavy (non-hydrogen) atoms. The summed E-state index contributed by atoms with van der Waals surface area (Å²) in [7, 11) is 0. The number of nitrogens with two attached hydrogens (primary N) is 1. The van der Waals surface area contributed by atoms with Crippen molar-refractivity contribution in [3.63, 3.8) is 0 Å². The first-order chi connectivity index (χ1) is 6.27. The van der Waals surface area contributed by atoms with Gasteiger partial charge in [-0.05, 0) is 0 Å². The minimum atomic E-state index is 0.134. The van der Waals surface area contributed by atoms with E-state index in [0.29, 0.717) is 16.3 Å². The molecule has 3 N–H and O–H groups in total. The van der Waals surface area contributed by atoms with Gasteiger partial charge < -0.3 is 10.7 Å². The predicted octanol–water partition coefficient (Wildman–Crippen LogP) is 1.61. The van der Waals surface area contributed by atoms with E-state index in [-0.39, 0.29) is 5.95 Å². The topological polar surface area (TPSA) is 80.5 Å². The highest BCUT2D eigenvalue weighted by Gasteiger charge is 2.04. The van der Waals surface area contributed by atoms with E-state index in [4.69, 9.17) is 17.3 Å². The van der Waals surface area contributed by atoms with Gasteiger partial charge in [-0.25, -0.2) is 4.98 Å². The Labute approximate surface area is 80.4 Å². The largest absolute Gasteiger partial charge is 0.368 e. The number of halogens is 1. The van der Waals surface area contributed by atoms with Crippen molar-refractivity contribution in [2.75, 3.05) is 5.73 Å². The van der Waals surface area contributed by atoms with Crippen LogP contribution in [0, 0.1) is 0 Å². The third-order valence-corrected chi connectivity index (χ3v) is 1.53. The molecule has 0 radical (unpaired) electrons. The Hall–Kier alpha value is -1.36. The van der Waals surface area contributed by atoms with Crippen molar-refractivity contribution in [1.82, 2.24) is 19.9 Å². The summed E-state index contributed by atoms with van der Waals surface area (Å²) in [5.74, 6) is 0.134. The van der Waals surface area contributed by atoms with Gasteiger partial charge in [0.1, 0.15) is 5.52 Å². The van der Waals surface area contributed by atoms with Crippen LogP contribution in [0.1, 0.15) is 13.8 Å². The van der Waals surface area contributed by atoms with Crippen molar-refractivity contribution in [2.24, 2.45) is 0 Å². The van der Waals surface area contributed by atoms with Gasteiger partial charge in [0.2, 0.25) is 5.95 Å². The van der Waals surface area contributed by atoms with E-state index in [0.717, 1.165) is 0 Å². The van der Waals surface area contributed by atoms with Crippen LogP contribution in [0.4, 0.5) is 5.95 Å². The standard InChI is InChI=1S/C5H4ClN5.C2H6/c6-3-2-4(9-1-8-2)11-5(7)10-3;1-2/h1H,(H3,7,8,9,10,11);1-2H3. The van der Waals surface area contributed by atoms with Crippen molar-refractivity contribution in [1.29, 1.82) is 0 Å². The van der Waals surface area contributed by atoms with Crippen LogP contribution < -0.4 is 5.73 Å². The number of nitrogen functional groups attached to an aromatic ring is 1. The van der Waals surface area contributed by atoms with E-state index in [2.05, 4.69) is 19.9 Å². The monoisotopic (exact) mass is 199 g/mol. The molecule has 0 bridgehead atoms. The first kappa shape index (κ1) is 9.73. The molecule has 0 aliphatic rings. The fourth-order valence-corrected chi connectivity index (χ4v) is 1.04. The molecule has 0 saturated carbocycles. The average Bonchev–Trinajstić information content (AvgIpc) is 2.55. The molecular formula is C7H10ClN5. The zero-order valence-electron chi connectivity index (χ0n) is 7.37. The van der Waals surface area contributed by atoms with E-state index < -0.39 is 0 Å². The fraction of sp³-hybridized carbons (Fsp3) is 0.286. The molecule has 0 aliphatic heterocycles. The number of H-pyrrole nitrogens is 1. The van der Waals surface area contributed by atoms with Gasteiger partial charge in [-0.15, -0.1) is 0 Å². The maximum absolute atomic E-state index is 5.70. The van der Waals surface area contributed by atoms with Gasteiger partial charge in [0, 0.05) is 0 Å². The highest BCUT2D eigenvalue weighted by atomic mass is 35.5. The Bertz CT molecular complexity index is 397. The van der Waals surface area contributed by atoms with Crippen LogP contribution >= 0.6 is 11.6 Å². The van der Waals surface area contributed by atoms with Crippen molar-refractivity contribution < 1.29 is 0 Å². The van der Waals surface area contributed by atoms with Crippen LogP contribution in [0.2, 0.25) is 5.15 Å². The minimum absolute atomic E-state index is 0.134. The smallest absolute Gasteiger partial charge is 0.223 e. The third kappa shape index (κ3) is 1.86. The highest BCUT2D eigenvalue weighted by molar-refractivity contribution is 6.33. The summed E-state index contributed by atoms with van der Waals surface area (Å²) in [5, 5.41) is 0.296. The molecule has 6 heteroatoms. The Balaban J connectivity index is 0.000000396. The van der Waals surface area contributed by atoms with Crippen molar-refractivity contribution in [3.8, 4) is 0 Å². The van der Waals surface area contributed by atoms with Gasteiger partial charge in [0.15, 0.2) is 10.8 Å². The third-order valence-electron chi connectivity index (χ3n) is 1.26. The van der Waals surface area contributed by atoms with Crippen LogP contribution in [0.25, 0.3) is 11.2 Å². The van der Waals surface area contributed by atoms with Gasteiger partial charge in [-0.3, -0.25) is 0 Å². The lowest BCUT2D eigenvalue weighted by atomic mass is 10.6. The molecule has 70 valence electrons. The van der Waals surface area contributed by atoms with Crippen LogP contribution in [0.3, 0.4) is 0 Å². The number of imidazole rings is 1. The molecule has 2 aromatic rings. The Kier molecular flexibility index (Phi) is 3.02. The van der Waals surface area contributed by atoms with Crippen LogP contribution in [-0.2, 0) is 0 Å². The van der Waals surface area contributed by atoms with Crippen molar-refractivity contribution in [2.45, 2.75) is 13.8 Å². The maximum atomic E-state index is 5.70. The molecule has 0 saturated heterocycles. The summed E-state index contributed by atoms with van der Waals surface area (Å²) >= 11 is 5.70. The predicted molar refractivity (Wildman–Crippen MR) is 52.5 cm³/mol. The van der Waals surface area contributed by atoms with Gasteiger partial charge in [0.25, 0.3) is 0 Å². The Morgan fingerprint density at radius 3 is 2.77 bits per heavy atom. The number of nitrogens with one attached hydrogen (secondary N) is 1. The summed E-state index contributed by atoms with van der Waals surface area (Å²) in [6, 6.07) is 0. The van der Waals surface area contributed by atoms with Crippen LogP contribution in [-0.4, -0.2) is 19.9 Å². The molecule has 0 amide bonds. The van der Waals surface area contributed by atoms with E-state index in [9.17, 15) is 0 Å². The SMILES string of the molecule is CC.Nc1nc(Cl)c2[nH]cnc2n1. The van der Waals surface area contributed by atoms with E-state index in [1.165, 1.54) is 6.33 Å². The average molecular weight is 200 g/mol. The number of hydrogen-bond acceptors (Lipinski definition) is 4. The van der Waals surface area contributed by atoms with Crippen LogP contribution in [0.15, 0.2) is 6.33 Å². The Morgan fingerprint density at radius 2 is 2.08 bits per heavy atom. The summed E-state index contributed by atoms with van der Waals surface area (Å²) in [5.41, 5.74) is 6.42. The molecule has 2 rings (SSSR count). The number of fused-ring (bicyclic) bond motifs is 1. The molecule has 0 aromatic carbocycles. The normalized spacial score (nSPS) is 9.46. The summed E-state index contributed by atoms with van der Waals surface area (Å²) in [6.45, 7) is 4.00. The fourth-order valence-electron chi connectivity index (χ4n) is 0.814. The summed E-state index contributed by atoms with van der Waals surface area (Å²) < 4.78 is 0. The molecule has 2 aromatic heterocycles. The molecule has 0 spiro atoms. The number of aromatic amines is 1. The number of anilines is 1. The van der Waals surface area contributed by atoms with E-state index in [1.807, 2.05) is 13.8 Å². The lowest BCUT2D eigenvalue weighted by Crippen LogP contribution is -1.94. The minimum Gasteiger partial charge on any atom is -0.368 e. The zero-order valence-corrected chi connectivity index (χ0v) is 8.13. The highest BCUT2D eigenvalue weighted by Crippen LogP contribution is 2.16. The number of rotatable bonds is 0.